The largest absolute Gasteiger partial charge is 0.332 e. The summed E-state index contributed by atoms with van der Waals surface area (Å²) in [5.74, 6) is 0.573. The van der Waals surface area contributed by atoms with Gasteiger partial charge in [-0.25, -0.2) is 4.79 Å². The van der Waals surface area contributed by atoms with Gasteiger partial charge < -0.3 is 0 Å². The molecule has 0 radical (unpaired) electrons. The summed E-state index contributed by atoms with van der Waals surface area (Å²) in [6, 6.07) is 5.64. The van der Waals surface area contributed by atoms with E-state index in [1.165, 1.54) is 9.13 Å². The molecule has 0 saturated carbocycles. The number of nitrogens with zero attached hydrogens (tertiary/aromatic N) is 5. The third kappa shape index (κ3) is 2.10. The first kappa shape index (κ1) is 16.7. The Morgan fingerprint density at radius 3 is 2.62 bits per heavy atom. The number of halogens is 1. The van der Waals surface area contributed by atoms with E-state index in [4.69, 9.17) is 11.6 Å². The molecule has 0 bridgehead atoms. The van der Waals surface area contributed by atoms with E-state index in [2.05, 4.69) is 4.98 Å². The lowest BCUT2D eigenvalue weighted by Crippen LogP contribution is -2.38. The molecule has 0 N–H and O–H groups in total. The van der Waals surface area contributed by atoms with Gasteiger partial charge in [0, 0.05) is 30.5 Å². The second-order valence-corrected chi connectivity index (χ2v) is 6.82. The average molecular weight is 372 g/mol. The number of rotatable bonds is 2. The molecule has 7 nitrogen and oxygen atoms in total. The number of aromatic nitrogens is 5. The third-order valence-corrected chi connectivity index (χ3v) is 4.99. The first-order valence-electron chi connectivity index (χ1n) is 8.31. The van der Waals surface area contributed by atoms with Crippen LogP contribution in [0.2, 0.25) is 5.02 Å². The van der Waals surface area contributed by atoms with Gasteiger partial charge in [-0.3, -0.25) is 22.9 Å². The Labute approximate surface area is 153 Å². The molecule has 3 aromatic heterocycles. The molecule has 0 aliphatic rings. The minimum absolute atomic E-state index is 0.307. The summed E-state index contributed by atoms with van der Waals surface area (Å²) in [6.07, 6.45) is 1.86. The molecule has 26 heavy (non-hydrogen) atoms. The first-order chi connectivity index (χ1) is 12.3. The van der Waals surface area contributed by atoms with Gasteiger partial charge in [-0.2, -0.15) is 4.98 Å². The van der Waals surface area contributed by atoms with Crippen molar-refractivity contribution in [3.63, 3.8) is 0 Å². The Kier molecular flexibility index (Phi) is 3.59. The fourth-order valence-electron chi connectivity index (χ4n) is 3.41. The monoisotopic (exact) mass is 371 g/mol. The maximum atomic E-state index is 12.8. The van der Waals surface area contributed by atoms with Crippen molar-refractivity contribution in [3.8, 4) is 5.69 Å². The Hall–Kier alpha value is -2.80. The molecule has 0 amide bonds. The summed E-state index contributed by atoms with van der Waals surface area (Å²) in [6.45, 7) is 6.02. The molecule has 134 valence electrons. The molecule has 4 rings (SSSR count). The zero-order valence-electron chi connectivity index (χ0n) is 14.9. The van der Waals surface area contributed by atoms with Crippen LogP contribution in [0.3, 0.4) is 0 Å². The second kappa shape index (κ2) is 5.60. The second-order valence-electron chi connectivity index (χ2n) is 6.38. The van der Waals surface area contributed by atoms with Crippen LogP contribution in [-0.2, 0) is 13.6 Å². The molecule has 0 spiro atoms. The fourth-order valence-corrected chi connectivity index (χ4v) is 3.58. The highest BCUT2D eigenvalue weighted by Gasteiger charge is 2.20. The topological polar surface area (TPSA) is 66.2 Å². The molecule has 0 aliphatic heterocycles. The molecular weight excluding hydrogens is 354 g/mol. The smallest absolute Gasteiger partial charge is 0.283 e. The van der Waals surface area contributed by atoms with E-state index in [1.807, 2.05) is 42.8 Å². The van der Waals surface area contributed by atoms with E-state index in [9.17, 15) is 9.59 Å². The number of hydrogen-bond donors (Lipinski definition) is 0. The summed E-state index contributed by atoms with van der Waals surface area (Å²) >= 11 is 6.19. The highest BCUT2D eigenvalue weighted by atomic mass is 35.5. The molecule has 3 heterocycles. The number of imidazole rings is 2. The number of hydrogen-bond acceptors (Lipinski definition) is 3. The normalized spacial score (nSPS) is 11.7. The Balaban J connectivity index is 2.21. The zero-order valence-corrected chi connectivity index (χ0v) is 15.7. The Bertz CT molecular complexity index is 1310. The highest BCUT2D eigenvalue weighted by Crippen LogP contribution is 2.25. The van der Waals surface area contributed by atoms with Gasteiger partial charge in [0.2, 0.25) is 5.78 Å². The molecule has 0 atom stereocenters. The van der Waals surface area contributed by atoms with Crippen molar-refractivity contribution in [2.45, 2.75) is 27.3 Å². The van der Waals surface area contributed by atoms with Crippen LogP contribution in [0.4, 0.5) is 0 Å². The van der Waals surface area contributed by atoms with Crippen molar-refractivity contribution in [3.05, 3.63) is 61.5 Å². The van der Waals surface area contributed by atoms with E-state index < -0.39 is 0 Å². The van der Waals surface area contributed by atoms with Crippen molar-refractivity contribution in [2.24, 2.45) is 7.05 Å². The zero-order chi connectivity index (χ0) is 18.7. The minimum atomic E-state index is -0.368. The first-order valence-corrected chi connectivity index (χ1v) is 8.69. The molecule has 0 aliphatic carbocycles. The lowest BCUT2D eigenvalue weighted by molar-refractivity contribution is 0.637. The predicted octanol–water partition coefficient (Wildman–Crippen LogP) is 2.43. The van der Waals surface area contributed by atoms with Crippen LogP contribution in [0.15, 0.2) is 34.0 Å². The maximum absolute atomic E-state index is 12.8. The van der Waals surface area contributed by atoms with E-state index >= 15 is 0 Å². The van der Waals surface area contributed by atoms with Crippen LogP contribution in [0.25, 0.3) is 22.6 Å². The summed E-state index contributed by atoms with van der Waals surface area (Å²) in [5.41, 5.74) is 2.89. The van der Waals surface area contributed by atoms with Crippen LogP contribution < -0.4 is 11.2 Å². The highest BCUT2D eigenvalue weighted by molar-refractivity contribution is 6.30. The molecule has 1 aromatic carbocycles. The predicted molar refractivity (Wildman–Crippen MR) is 102 cm³/mol. The minimum Gasteiger partial charge on any atom is -0.283 e. The molecule has 0 unspecified atom stereocenters. The van der Waals surface area contributed by atoms with Crippen LogP contribution in [-0.4, -0.2) is 23.1 Å². The summed E-state index contributed by atoms with van der Waals surface area (Å²) in [7, 11) is 1.63. The Morgan fingerprint density at radius 2 is 1.92 bits per heavy atom. The molecular formula is C18H18ClN5O2. The van der Waals surface area contributed by atoms with Gasteiger partial charge >= 0.3 is 5.69 Å². The Morgan fingerprint density at radius 1 is 1.19 bits per heavy atom. The van der Waals surface area contributed by atoms with Crippen LogP contribution in [0.5, 0.6) is 0 Å². The van der Waals surface area contributed by atoms with E-state index in [0.717, 1.165) is 16.9 Å². The summed E-state index contributed by atoms with van der Waals surface area (Å²) in [5, 5.41) is 0.619. The van der Waals surface area contributed by atoms with Gasteiger partial charge in [0.15, 0.2) is 11.2 Å². The van der Waals surface area contributed by atoms with E-state index in [-0.39, 0.29) is 11.2 Å². The SMILES string of the molecule is CCn1c(=O)c2c(nc3n(-c4cc(Cl)ccc4C)c(C)cn23)n(C)c1=O. The molecule has 4 aromatic rings. The lowest BCUT2D eigenvalue weighted by Gasteiger charge is -2.10. The van der Waals surface area contributed by atoms with Gasteiger partial charge in [-0.15, -0.1) is 0 Å². The van der Waals surface area contributed by atoms with Crippen LogP contribution in [0, 0.1) is 13.8 Å². The average Bonchev–Trinajstić information content (AvgIpc) is 3.10. The summed E-state index contributed by atoms with van der Waals surface area (Å²) < 4.78 is 6.33. The molecule has 0 fully saturated rings. The number of fused-ring (bicyclic) bond motifs is 3. The summed E-state index contributed by atoms with van der Waals surface area (Å²) in [4.78, 5) is 29.9. The van der Waals surface area contributed by atoms with Gasteiger partial charge in [0.1, 0.15) is 0 Å². The van der Waals surface area contributed by atoms with Crippen molar-refractivity contribution < 1.29 is 0 Å². The fraction of sp³-hybridized carbons (Fsp3) is 0.278. The van der Waals surface area contributed by atoms with Gasteiger partial charge in [0.05, 0.1) is 5.69 Å². The van der Waals surface area contributed by atoms with Crippen LogP contribution in [0.1, 0.15) is 18.2 Å². The van der Waals surface area contributed by atoms with Crippen LogP contribution >= 0.6 is 11.6 Å². The standard InChI is InChI=1S/C18H18ClN5O2/c1-5-22-16(25)14-15(21(4)18(22)26)20-17-23(14)9-11(3)24(17)13-8-12(19)7-6-10(13)2/h6-9H,5H2,1-4H3. The number of aryl methyl sites for hydroxylation is 3. The number of benzene rings is 1. The quantitative estimate of drug-likeness (QED) is 0.543. The van der Waals surface area contributed by atoms with Crippen molar-refractivity contribution in [1.29, 1.82) is 0 Å². The van der Waals surface area contributed by atoms with E-state index in [1.54, 1.807) is 18.4 Å². The van der Waals surface area contributed by atoms with Gasteiger partial charge in [0.25, 0.3) is 5.56 Å². The van der Waals surface area contributed by atoms with Crippen molar-refractivity contribution >= 4 is 28.5 Å². The van der Waals surface area contributed by atoms with Crippen molar-refractivity contribution in [2.75, 3.05) is 0 Å². The van der Waals surface area contributed by atoms with E-state index in [0.29, 0.717) is 28.5 Å². The van der Waals surface area contributed by atoms with Crippen molar-refractivity contribution in [1.82, 2.24) is 23.1 Å². The maximum Gasteiger partial charge on any atom is 0.332 e. The lowest BCUT2D eigenvalue weighted by atomic mass is 10.2. The van der Waals surface area contributed by atoms with Gasteiger partial charge in [-0.1, -0.05) is 17.7 Å². The molecule has 8 heteroatoms. The molecule has 0 saturated heterocycles. The van der Waals surface area contributed by atoms with Gasteiger partial charge in [-0.05, 0) is 38.5 Å². The third-order valence-electron chi connectivity index (χ3n) is 4.75.